The van der Waals surface area contributed by atoms with E-state index in [2.05, 4.69) is 0 Å². The highest BCUT2D eigenvalue weighted by Crippen LogP contribution is 2.52. The Kier molecular flexibility index (Phi) is 4.20. The Morgan fingerprint density at radius 2 is 1.67 bits per heavy atom. The van der Waals surface area contributed by atoms with Crippen molar-refractivity contribution in [2.75, 3.05) is 7.11 Å². The van der Waals surface area contributed by atoms with E-state index in [1.54, 1.807) is 13.8 Å². The Bertz CT molecular complexity index is 893. The summed E-state index contributed by atoms with van der Waals surface area (Å²) in [5.74, 6) is -0.461. The van der Waals surface area contributed by atoms with Gasteiger partial charge in [-0.3, -0.25) is 0 Å². The van der Waals surface area contributed by atoms with E-state index in [-0.39, 0.29) is 38.6 Å². The molecule has 0 fully saturated rings. The topological polar surface area (TPSA) is 65.0 Å². The van der Waals surface area contributed by atoms with Crippen LogP contribution in [0, 0.1) is 13.8 Å². The van der Waals surface area contributed by atoms with Gasteiger partial charge in [-0.2, -0.15) is 0 Å². The predicted octanol–water partition coefficient (Wildman–Crippen LogP) is 5.30. The van der Waals surface area contributed by atoms with Gasteiger partial charge in [0.25, 0.3) is 0 Å². The van der Waals surface area contributed by atoms with Gasteiger partial charge in [-0.1, -0.05) is 34.8 Å². The van der Waals surface area contributed by atoms with Gasteiger partial charge in [-0.05, 0) is 19.4 Å². The van der Waals surface area contributed by atoms with Crippen LogP contribution in [0.3, 0.4) is 0 Å². The molecule has 0 saturated heterocycles. The minimum atomic E-state index is -0.714. The fourth-order valence-corrected chi connectivity index (χ4v) is 3.12. The van der Waals surface area contributed by atoms with Gasteiger partial charge in [-0.25, -0.2) is 4.79 Å². The van der Waals surface area contributed by atoms with Crippen molar-refractivity contribution >= 4 is 40.8 Å². The summed E-state index contributed by atoms with van der Waals surface area (Å²) >= 11 is 18.4. The Morgan fingerprint density at radius 3 is 2.29 bits per heavy atom. The molecule has 1 heterocycles. The number of esters is 1. The van der Waals surface area contributed by atoms with Crippen LogP contribution in [0.15, 0.2) is 6.07 Å². The molecular weight excluding hydrogens is 379 g/mol. The second kappa shape index (κ2) is 5.92. The number of phenols is 1. The van der Waals surface area contributed by atoms with Crippen LogP contribution >= 0.6 is 34.8 Å². The van der Waals surface area contributed by atoms with Crippen LogP contribution < -0.4 is 14.2 Å². The SMILES string of the molecule is COc1cc2c(c(C)c1Cl)Oc1c(Cl)c(O)c(Cl)c(C)c1C(=O)O2. The maximum absolute atomic E-state index is 12.5. The molecule has 5 nitrogen and oxygen atoms in total. The molecule has 2 aromatic carbocycles. The van der Waals surface area contributed by atoms with Crippen LogP contribution in [0.25, 0.3) is 0 Å². The number of methoxy groups -OCH3 is 1. The predicted molar refractivity (Wildman–Crippen MR) is 90.6 cm³/mol. The van der Waals surface area contributed by atoms with Crippen LogP contribution in [0.2, 0.25) is 15.1 Å². The van der Waals surface area contributed by atoms with Crippen LogP contribution in [0.4, 0.5) is 0 Å². The lowest BCUT2D eigenvalue weighted by atomic mass is 10.1. The number of fused-ring (bicyclic) bond motifs is 2. The van der Waals surface area contributed by atoms with Crippen LogP contribution in [0.5, 0.6) is 28.7 Å². The summed E-state index contributed by atoms with van der Waals surface area (Å²) in [6, 6.07) is 1.44. The number of phenolic OH excluding ortho intramolecular Hbond substituents is 1. The van der Waals surface area contributed by atoms with E-state index in [1.807, 2.05) is 0 Å². The maximum atomic E-state index is 12.5. The minimum absolute atomic E-state index is 0.0356. The Labute approximate surface area is 152 Å². The van der Waals surface area contributed by atoms with E-state index in [9.17, 15) is 9.90 Å². The third kappa shape index (κ3) is 2.35. The van der Waals surface area contributed by atoms with Crippen molar-refractivity contribution < 1.29 is 24.1 Å². The first-order valence-corrected chi connectivity index (χ1v) is 7.88. The summed E-state index contributed by atoms with van der Waals surface area (Å²) in [6.45, 7) is 3.23. The molecule has 2 aromatic rings. The molecule has 3 rings (SSSR count). The molecule has 8 heteroatoms. The van der Waals surface area contributed by atoms with Crippen molar-refractivity contribution in [3.63, 3.8) is 0 Å². The zero-order chi connectivity index (χ0) is 17.8. The number of halogens is 3. The maximum Gasteiger partial charge on any atom is 0.347 e. The lowest BCUT2D eigenvalue weighted by Crippen LogP contribution is -2.10. The van der Waals surface area contributed by atoms with Crippen LogP contribution in [-0.2, 0) is 0 Å². The molecule has 0 unspecified atom stereocenters. The molecule has 0 saturated carbocycles. The molecule has 0 aromatic heterocycles. The number of benzene rings is 2. The first-order chi connectivity index (χ1) is 11.3. The Morgan fingerprint density at radius 1 is 1.00 bits per heavy atom. The lowest BCUT2D eigenvalue weighted by molar-refractivity contribution is 0.0736. The van der Waals surface area contributed by atoms with E-state index in [4.69, 9.17) is 49.0 Å². The van der Waals surface area contributed by atoms with Gasteiger partial charge in [0, 0.05) is 11.6 Å². The number of ether oxygens (including phenoxy) is 3. The fourth-order valence-electron chi connectivity index (χ4n) is 2.43. The highest BCUT2D eigenvalue weighted by molar-refractivity contribution is 6.39. The van der Waals surface area contributed by atoms with Crippen LogP contribution in [0.1, 0.15) is 21.5 Å². The van der Waals surface area contributed by atoms with Gasteiger partial charge in [0.1, 0.15) is 16.3 Å². The summed E-state index contributed by atoms with van der Waals surface area (Å²) in [7, 11) is 1.44. The van der Waals surface area contributed by atoms with Gasteiger partial charge in [0.2, 0.25) is 0 Å². The zero-order valence-corrected chi connectivity index (χ0v) is 15.1. The summed E-state index contributed by atoms with van der Waals surface area (Å²) in [4.78, 5) is 12.5. The number of aromatic hydroxyl groups is 1. The van der Waals surface area contributed by atoms with Gasteiger partial charge in [-0.15, -0.1) is 0 Å². The highest BCUT2D eigenvalue weighted by atomic mass is 35.5. The summed E-state index contributed by atoms with van der Waals surface area (Å²) < 4.78 is 16.4. The number of rotatable bonds is 1. The first kappa shape index (κ1) is 17.0. The van der Waals surface area contributed by atoms with Crippen molar-refractivity contribution in [3.8, 4) is 28.7 Å². The minimum Gasteiger partial charge on any atom is -0.505 e. The molecule has 1 N–H and O–H groups in total. The van der Waals surface area contributed by atoms with Crippen molar-refractivity contribution in [1.29, 1.82) is 0 Å². The summed E-state index contributed by atoms with van der Waals surface area (Å²) in [5.41, 5.74) is 0.824. The second-order valence-electron chi connectivity index (χ2n) is 5.14. The van der Waals surface area contributed by atoms with E-state index in [0.29, 0.717) is 21.9 Å². The van der Waals surface area contributed by atoms with E-state index in [1.165, 1.54) is 13.2 Å². The highest BCUT2D eigenvalue weighted by Gasteiger charge is 2.33. The largest absolute Gasteiger partial charge is 0.505 e. The average molecular weight is 390 g/mol. The molecule has 0 radical (unpaired) electrons. The van der Waals surface area contributed by atoms with Gasteiger partial charge < -0.3 is 19.3 Å². The van der Waals surface area contributed by atoms with Crippen molar-refractivity contribution in [2.45, 2.75) is 13.8 Å². The van der Waals surface area contributed by atoms with E-state index in [0.717, 1.165) is 0 Å². The van der Waals surface area contributed by atoms with E-state index >= 15 is 0 Å². The first-order valence-electron chi connectivity index (χ1n) is 6.75. The molecule has 0 aliphatic carbocycles. The molecule has 1 aliphatic heterocycles. The molecule has 0 spiro atoms. The molecule has 0 amide bonds. The molecule has 126 valence electrons. The smallest absolute Gasteiger partial charge is 0.347 e. The zero-order valence-electron chi connectivity index (χ0n) is 12.8. The number of hydrogen-bond donors (Lipinski definition) is 1. The Balaban J connectivity index is 2.33. The molecule has 1 aliphatic rings. The van der Waals surface area contributed by atoms with Crippen LogP contribution in [-0.4, -0.2) is 18.2 Å². The molecular formula is C16H11Cl3O5. The normalized spacial score (nSPS) is 12.7. The van der Waals surface area contributed by atoms with Crippen molar-refractivity contribution in [1.82, 2.24) is 0 Å². The monoisotopic (exact) mass is 388 g/mol. The fraction of sp³-hybridized carbons (Fsp3) is 0.188. The lowest BCUT2D eigenvalue weighted by Gasteiger charge is -2.15. The van der Waals surface area contributed by atoms with E-state index < -0.39 is 5.97 Å². The quantitative estimate of drug-likeness (QED) is 0.529. The van der Waals surface area contributed by atoms with Gasteiger partial charge >= 0.3 is 5.97 Å². The van der Waals surface area contributed by atoms with Crippen molar-refractivity contribution in [3.05, 3.63) is 37.8 Å². The second-order valence-corrected chi connectivity index (χ2v) is 6.28. The molecule has 0 bridgehead atoms. The standard InChI is InChI=1S/C16H11Cl3O5/c1-5-9-15(12(19)13(20)11(5)18)24-14-6(2)10(17)7(22-3)4-8(14)23-16(9)21/h4,20H,1-3H3. The average Bonchev–Trinajstić information content (AvgIpc) is 2.70. The van der Waals surface area contributed by atoms with Gasteiger partial charge in [0.05, 0.1) is 17.2 Å². The summed E-state index contributed by atoms with van der Waals surface area (Å²) in [5, 5.41) is 10.1. The van der Waals surface area contributed by atoms with Gasteiger partial charge in [0.15, 0.2) is 23.0 Å². The third-order valence-electron chi connectivity index (χ3n) is 3.75. The molecule has 24 heavy (non-hydrogen) atoms. The number of hydrogen-bond acceptors (Lipinski definition) is 5. The number of carbonyl (C=O) groups excluding carboxylic acids is 1. The molecule has 0 atom stereocenters. The van der Waals surface area contributed by atoms with Crippen molar-refractivity contribution in [2.24, 2.45) is 0 Å². The summed E-state index contributed by atoms with van der Waals surface area (Å²) in [6.07, 6.45) is 0. The Hall–Kier alpha value is -1.82. The number of carbonyl (C=O) groups is 1. The third-order valence-corrected chi connectivity index (χ3v) is 5.03.